The summed E-state index contributed by atoms with van der Waals surface area (Å²) in [6.45, 7) is 0.375. The van der Waals surface area contributed by atoms with Crippen LogP contribution in [0.25, 0.3) is 11.4 Å². The van der Waals surface area contributed by atoms with Crippen molar-refractivity contribution >= 4 is 21.8 Å². The minimum absolute atomic E-state index is 0.0840. The van der Waals surface area contributed by atoms with Crippen LogP contribution in [0, 0.1) is 0 Å². The van der Waals surface area contributed by atoms with Crippen molar-refractivity contribution < 1.29 is 22.5 Å². The Balaban J connectivity index is 1.15. The lowest BCUT2D eigenvalue weighted by atomic mass is 10.2. The van der Waals surface area contributed by atoms with Gasteiger partial charge in [-0.25, -0.2) is 8.42 Å². The zero-order valence-corrected chi connectivity index (χ0v) is 17.9. The molecular formula is C21H21N5O5S. The lowest BCUT2D eigenvalue weighted by molar-refractivity contribution is -0.145. The first-order chi connectivity index (χ1) is 15.5. The Hall–Kier alpha value is -3.60. The number of sulfonamides is 1. The van der Waals surface area contributed by atoms with Crippen molar-refractivity contribution in [3.05, 3.63) is 60.2 Å². The van der Waals surface area contributed by atoms with Crippen LogP contribution in [-0.2, 0) is 26.2 Å². The average Bonchev–Trinajstić information content (AvgIpc) is 3.38. The number of fused-ring (bicyclic) bond motifs is 1. The molecule has 166 valence electrons. The summed E-state index contributed by atoms with van der Waals surface area (Å²) in [5, 5.41) is 3.84. The van der Waals surface area contributed by atoms with Crippen LogP contribution < -0.4 is 4.72 Å². The Bertz CT molecular complexity index is 1220. The van der Waals surface area contributed by atoms with E-state index >= 15 is 0 Å². The summed E-state index contributed by atoms with van der Waals surface area (Å²) in [7, 11) is -3.52. The number of nitrogens with one attached hydrogen (secondary N) is 1. The maximum atomic E-state index is 12.1. The summed E-state index contributed by atoms with van der Waals surface area (Å²) < 4.78 is 36.8. The molecule has 0 spiro atoms. The van der Waals surface area contributed by atoms with Gasteiger partial charge in [-0.1, -0.05) is 23.7 Å². The maximum absolute atomic E-state index is 12.1. The second-order valence-electron chi connectivity index (χ2n) is 7.06. The molecule has 0 radical (unpaired) electrons. The Morgan fingerprint density at radius 1 is 1.12 bits per heavy atom. The van der Waals surface area contributed by atoms with E-state index in [0.29, 0.717) is 35.8 Å². The van der Waals surface area contributed by atoms with Crippen molar-refractivity contribution in [2.24, 2.45) is 4.99 Å². The Kier molecular flexibility index (Phi) is 6.55. The van der Waals surface area contributed by atoms with Crippen LogP contribution >= 0.6 is 0 Å². The molecule has 0 unspecified atom stereocenters. The molecule has 0 bridgehead atoms. The molecule has 11 heteroatoms. The van der Waals surface area contributed by atoms with Crippen LogP contribution in [-0.4, -0.2) is 41.9 Å². The highest BCUT2D eigenvalue weighted by Crippen LogP contribution is 2.22. The summed E-state index contributed by atoms with van der Waals surface area (Å²) in [4.78, 5) is 24.7. The Morgan fingerprint density at radius 2 is 2.00 bits per heavy atom. The zero-order valence-electron chi connectivity index (χ0n) is 17.1. The van der Waals surface area contributed by atoms with E-state index < -0.39 is 10.0 Å². The summed E-state index contributed by atoms with van der Waals surface area (Å²) >= 11 is 0. The first-order valence-electron chi connectivity index (χ1n) is 10.1. The van der Waals surface area contributed by atoms with E-state index in [1.54, 1.807) is 48.8 Å². The standard InChI is InChI=1S/C21H21N5O5S/c27-19(30-14-18-24-20(25-31-18)15-7-6-11-22-13-15)10-2-1-5-12-23-21-16-8-3-4-9-17(16)32(28,29)26-21/h3-4,6-9,11,13H,1-2,5,10,12,14H2,(H,23,26). The number of carbonyl (C=O) groups excluding carboxylic acids is 1. The molecule has 1 aliphatic heterocycles. The first-order valence-corrected chi connectivity index (χ1v) is 11.6. The maximum Gasteiger partial charge on any atom is 0.306 e. The van der Waals surface area contributed by atoms with E-state index in [1.807, 2.05) is 0 Å². The zero-order chi connectivity index (χ0) is 22.4. The molecule has 32 heavy (non-hydrogen) atoms. The monoisotopic (exact) mass is 455 g/mol. The van der Waals surface area contributed by atoms with E-state index in [-0.39, 0.29) is 29.8 Å². The van der Waals surface area contributed by atoms with Crippen LogP contribution in [0.2, 0.25) is 0 Å². The van der Waals surface area contributed by atoms with Gasteiger partial charge in [-0.3, -0.25) is 19.5 Å². The molecule has 0 saturated carbocycles. The summed E-state index contributed by atoms with van der Waals surface area (Å²) in [6.07, 6.45) is 5.64. The highest BCUT2D eigenvalue weighted by Gasteiger charge is 2.29. The predicted octanol–water partition coefficient (Wildman–Crippen LogP) is 2.47. The minimum atomic E-state index is -3.52. The number of nitrogens with zero attached hydrogens (tertiary/aromatic N) is 4. The van der Waals surface area contributed by atoms with Gasteiger partial charge in [0, 0.05) is 36.5 Å². The number of hydrogen-bond donors (Lipinski definition) is 1. The SMILES string of the molecule is O=C(CCCCCN=C1NS(=O)(=O)c2ccccc21)OCc1nc(-c2cccnc2)no1. The second-order valence-corrected chi connectivity index (χ2v) is 8.71. The van der Waals surface area contributed by atoms with E-state index in [2.05, 4.69) is 24.8 Å². The van der Waals surface area contributed by atoms with E-state index in [1.165, 1.54) is 0 Å². The third-order valence-corrected chi connectivity index (χ3v) is 6.11. The fourth-order valence-electron chi connectivity index (χ4n) is 3.14. The van der Waals surface area contributed by atoms with Gasteiger partial charge in [0.25, 0.3) is 15.9 Å². The van der Waals surface area contributed by atoms with Crippen molar-refractivity contribution in [3.63, 3.8) is 0 Å². The quantitative estimate of drug-likeness (QED) is 0.384. The minimum Gasteiger partial charge on any atom is -0.456 e. The normalized spacial score (nSPS) is 15.3. The topological polar surface area (TPSA) is 137 Å². The molecule has 0 saturated heterocycles. The van der Waals surface area contributed by atoms with Crippen molar-refractivity contribution in [1.82, 2.24) is 19.8 Å². The number of hydrogen-bond acceptors (Lipinski definition) is 9. The van der Waals surface area contributed by atoms with Gasteiger partial charge in [-0.05, 0) is 37.1 Å². The summed E-state index contributed by atoms with van der Waals surface area (Å²) in [5.74, 6) is 0.616. The van der Waals surface area contributed by atoms with Gasteiger partial charge < -0.3 is 9.26 Å². The van der Waals surface area contributed by atoms with Crippen LogP contribution in [0.1, 0.15) is 37.1 Å². The van der Waals surface area contributed by atoms with Crippen molar-refractivity contribution in [3.8, 4) is 11.4 Å². The molecule has 3 aromatic rings. The molecule has 0 aliphatic carbocycles. The van der Waals surface area contributed by atoms with Gasteiger partial charge >= 0.3 is 5.97 Å². The number of aliphatic imine (C=N–C) groups is 1. The average molecular weight is 455 g/mol. The fourth-order valence-corrected chi connectivity index (χ4v) is 4.39. The number of amidine groups is 1. The van der Waals surface area contributed by atoms with Crippen LogP contribution in [0.15, 0.2) is 63.2 Å². The molecular weight excluding hydrogens is 434 g/mol. The van der Waals surface area contributed by atoms with Gasteiger partial charge in [-0.15, -0.1) is 0 Å². The van der Waals surface area contributed by atoms with Crippen LogP contribution in [0.5, 0.6) is 0 Å². The Labute approximate surface area is 184 Å². The molecule has 10 nitrogen and oxygen atoms in total. The van der Waals surface area contributed by atoms with Crippen LogP contribution in [0.4, 0.5) is 0 Å². The second kappa shape index (κ2) is 9.69. The van der Waals surface area contributed by atoms with Gasteiger partial charge in [0.2, 0.25) is 5.82 Å². The molecule has 0 amide bonds. The predicted molar refractivity (Wildman–Crippen MR) is 114 cm³/mol. The van der Waals surface area contributed by atoms with Gasteiger partial charge in [0.15, 0.2) is 6.61 Å². The number of pyridine rings is 1. The van der Waals surface area contributed by atoms with Crippen LogP contribution in [0.3, 0.4) is 0 Å². The van der Waals surface area contributed by atoms with E-state index in [9.17, 15) is 13.2 Å². The largest absolute Gasteiger partial charge is 0.456 e. The van der Waals surface area contributed by atoms with Crippen molar-refractivity contribution in [2.45, 2.75) is 37.2 Å². The van der Waals surface area contributed by atoms with E-state index in [0.717, 1.165) is 12.8 Å². The Morgan fingerprint density at radius 3 is 2.84 bits per heavy atom. The van der Waals surface area contributed by atoms with Gasteiger partial charge in [0.1, 0.15) is 5.84 Å². The first kappa shape index (κ1) is 21.6. The number of carbonyl (C=O) groups is 1. The van der Waals surface area contributed by atoms with Gasteiger partial charge in [-0.2, -0.15) is 4.98 Å². The molecule has 1 aromatic carbocycles. The number of benzene rings is 1. The molecule has 1 N–H and O–H groups in total. The lowest BCUT2D eigenvalue weighted by Crippen LogP contribution is -2.22. The smallest absolute Gasteiger partial charge is 0.306 e. The third kappa shape index (κ3) is 5.17. The fraction of sp³-hybridized carbons (Fsp3) is 0.286. The highest BCUT2D eigenvalue weighted by molar-refractivity contribution is 7.90. The molecule has 0 fully saturated rings. The number of rotatable bonds is 9. The van der Waals surface area contributed by atoms with Gasteiger partial charge in [0.05, 0.1) is 4.90 Å². The number of esters is 1. The number of aromatic nitrogens is 3. The van der Waals surface area contributed by atoms with Crippen molar-refractivity contribution in [2.75, 3.05) is 6.54 Å². The van der Waals surface area contributed by atoms with Crippen molar-refractivity contribution in [1.29, 1.82) is 0 Å². The number of ether oxygens (including phenoxy) is 1. The summed E-state index contributed by atoms with van der Waals surface area (Å²) in [6, 6.07) is 10.3. The summed E-state index contributed by atoms with van der Waals surface area (Å²) in [5.41, 5.74) is 1.30. The highest BCUT2D eigenvalue weighted by atomic mass is 32.2. The lowest BCUT2D eigenvalue weighted by Gasteiger charge is -2.02. The van der Waals surface area contributed by atoms with E-state index in [4.69, 9.17) is 9.26 Å². The molecule has 4 rings (SSSR count). The molecule has 1 aliphatic rings. The molecule has 3 heterocycles. The number of unbranched alkanes of at least 4 members (excludes halogenated alkanes) is 2. The third-order valence-electron chi connectivity index (χ3n) is 4.72. The molecule has 2 aromatic heterocycles. The molecule has 0 atom stereocenters.